The first-order chi connectivity index (χ1) is 16.3. The second-order valence-corrected chi connectivity index (χ2v) is 11.7. The van der Waals surface area contributed by atoms with Gasteiger partial charge >= 0.3 is 0 Å². The van der Waals surface area contributed by atoms with E-state index >= 15 is 0 Å². The van der Waals surface area contributed by atoms with Crippen LogP contribution in [0.15, 0.2) is 24.3 Å². The topological polar surface area (TPSA) is 53.5 Å². The smallest absolute Gasteiger partial charge is 0.230 e. The van der Waals surface area contributed by atoms with Gasteiger partial charge in [-0.15, -0.1) is 0 Å². The van der Waals surface area contributed by atoms with Crippen molar-refractivity contribution in [2.45, 2.75) is 66.0 Å². The molecule has 0 amide bonds. The Morgan fingerprint density at radius 3 is 2.56 bits per heavy atom. The van der Waals surface area contributed by atoms with Crippen LogP contribution in [0.3, 0.4) is 0 Å². The van der Waals surface area contributed by atoms with Crippen molar-refractivity contribution in [3.05, 3.63) is 41.0 Å². The number of hydrogen-bond acceptors (Lipinski definition) is 6. The fourth-order valence-corrected chi connectivity index (χ4v) is 6.18. The number of nitrogens with one attached hydrogen (secondary N) is 1. The number of anilines is 2. The lowest BCUT2D eigenvalue weighted by Crippen LogP contribution is -2.57. The van der Waals surface area contributed by atoms with Crippen LogP contribution in [-0.4, -0.2) is 54.2 Å². The Hall–Kier alpha value is -2.34. The molecule has 0 spiro atoms. The van der Waals surface area contributed by atoms with Crippen molar-refractivity contribution in [2.24, 2.45) is 17.3 Å². The first-order valence-electron chi connectivity index (χ1n) is 13.0. The highest BCUT2D eigenvalue weighted by molar-refractivity contribution is 5.48. The first-order valence-corrected chi connectivity index (χ1v) is 13.0. The third-order valence-electron chi connectivity index (χ3n) is 8.30. The lowest BCUT2D eigenvalue weighted by molar-refractivity contribution is -0.00913. The minimum Gasteiger partial charge on any atom is -0.481 e. The fraction of sp³-hybridized carbons (Fsp3) is 0.643. The second-order valence-electron chi connectivity index (χ2n) is 11.7. The van der Waals surface area contributed by atoms with Gasteiger partial charge in [0.25, 0.3) is 0 Å². The summed E-state index contributed by atoms with van der Waals surface area (Å²) in [5, 5.41) is 3.49. The molecular formula is C28H41N5O. The van der Waals surface area contributed by atoms with E-state index in [1.807, 2.05) is 6.07 Å². The van der Waals surface area contributed by atoms with Crippen LogP contribution in [0.5, 0.6) is 5.88 Å². The second kappa shape index (κ2) is 9.37. The molecule has 3 heterocycles. The predicted octanol–water partition coefficient (Wildman–Crippen LogP) is 5.05. The number of aryl methyl sites for hydroxylation is 2. The normalized spacial score (nSPS) is 23.3. The summed E-state index contributed by atoms with van der Waals surface area (Å²) in [5.41, 5.74) is 4.42. The quantitative estimate of drug-likeness (QED) is 0.620. The third kappa shape index (κ3) is 5.02. The maximum atomic E-state index is 5.50. The number of aromatic nitrogens is 2. The van der Waals surface area contributed by atoms with Gasteiger partial charge in [0.1, 0.15) is 5.82 Å². The third-order valence-corrected chi connectivity index (χ3v) is 8.30. The van der Waals surface area contributed by atoms with Gasteiger partial charge in [-0.2, -0.15) is 9.97 Å². The zero-order valence-electron chi connectivity index (χ0n) is 21.6. The standard InChI is InChI=1S/C28H41N5O/c1-19-8-9-21(20(2)11-19)15-29-25-12-26(34-5)31-27(30-25)33-17-23(18-33)22-7-6-10-32(16-22)24-13-28(3,4)14-24/h8-9,11-12,22-24H,6-7,10,13-18H2,1-5H3,(H,29,30,31)/t22-/m0/s1. The molecule has 6 heteroatoms. The average molecular weight is 464 g/mol. The molecule has 1 atom stereocenters. The van der Waals surface area contributed by atoms with E-state index in [2.05, 4.69) is 66.0 Å². The molecule has 34 heavy (non-hydrogen) atoms. The minimum absolute atomic E-state index is 0.554. The predicted molar refractivity (Wildman–Crippen MR) is 139 cm³/mol. The summed E-state index contributed by atoms with van der Waals surface area (Å²) in [7, 11) is 1.68. The number of ether oxygens (including phenoxy) is 1. The molecule has 2 aliphatic heterocycles. The van der Waals surface area contributed by atoms with E-state index in [0.29, 0.717) is 11.3 Å². The van der Waals surface area contributed by atoms with Gasteiger partial charge in [-0.1, -0.05) is 37.6 Å². The van der Waals surface area contributed by atoms with Gasteiger partial charge < -0.3 is 19.9 Å². The zero-order valence-corrected chi connectivity index (χ0v) is 21.6. The van der Waals surface area contributed by atoms with Crippen LogP contribution in [0.25, 0.3) is 0 Å². The molecule has 0 unspecified atom stereocenters. The minimum atomic E-state index is 0.554. The van der Waals surface area contributed by atoms with Crippen LogP contribution in [0.2, 0.25) is 0 Å². The Balaban J connectivity index is 1.18. The Morgan fingerprint density at radius 1 is 1.06 bits per heavy atom. The summed E-state index contributed by atoms with van der Waals surface area (Å²) in [6.45, 7) is 14.5. The number of hydrogen-bond donors (Lipinski definition) is 1. The highest BCUT2D eigenvalue weighted by atomic mass is 16.5. The summed E-state index contributed by atoms with van der Waals surface area (Å²) in [4.78, 5) is 14.6. The van der Waals surface area contributed by atoms with Crippen LogP contribution >= 0.6 is 0 Å². The molecule has 184 valence electrons. The summed E-state index contributed by atoms with van der Waals surface area (Å²) in [6.07, 6.45) is 5.45. The molecular weight excluding hydrogens is 422 g/mol. The van der Waals surface area contributed by atoms with Crippen molar-refractivity contribution in [3.8, 4) is 5.88 Å². The van der Waals surface area contributed by atoms with Crippen LogP contribution in [0.1, 0.15) is 56.2 Å². The summed E-state index contributed by atoms with van der Waals surface area (Å²) >= 11 is 0. The molecule has 6 nitrogen and oxygen atoms in total. The van der Waals surface area contributed by atoms with Crippen molar-refractivity contribution in [2.75, 3.05) is 43.5 Å². The van der Waals surface area contributed by atoms with Gasteiger partial charge in [-0.3, -0.25) is 0 Å². The van der Waals surface area contributed by atoms with E-state index in [1.54, 1.807) is 7.11 Å². The van der Waals surface area contributed by atoms with Crippen molar-refractivity contribution < 1.29 is 4.74 Å². The molecule has 1 saturated carbocycles. The molecule has 5 rings (SSSR count). The van der Waals surface area contributed by atoms with Gasteiger partial charge in [0.2, 0.25) is 11.8 Å². The average Bonchev–Trinajstić information content (AvgIpc) is 2.76. The lowest BCUT2D eigenvalue weighted by Gasteiger charge is -2.53. The van der Waals surface area contributed by atoms with Gasteiger partial charge in [0.05, 0.1) is 7.11 Å². The number of likely N-dealkylation sites (tertiary alicyclic amines) is 1. The Labute approximate surface area is 205 Å². The summed E-state index contributed by atoms with van der Waals surface area (Å²) < 4.78 is 5.50. The van der Waals surface area contributed by atoms with E-state index in [9.17, 15) is 0 Å². The maximum absolute atomic E-state index is 5.50. The number of methoxy groups -OCH3 is 1. The molecule has 1 aliphatic carbocycles. The van der Waals surface area contributed by atoms with E-state index in [1.165, 1.54) is 55.5 Å². The Kier molecular flexibility index (Phi) is 6.45. The van der Waals surface area contributed by atoms with Crippen LogP contribution in [0, 0.1) is 31.1 Å². The lowest BCUT2D eigenvalue weighted by atomic mass is 9.67. The van der Waals surface area contributed by atoms with Gasteiger partial charge in [-0.25, -0.2) is 0 Å². The van der Waals surface area contributed by atoms with Crippen molar-refractivity contribution >= 4 is 11.8 Å². The summed E-state index contributed by atoms with van der Waals surface area (Å²) in [6, 6.07) is 9.29. The first kappa shape index (κ1) is 23.4. The monoisotopic (exact) mass is 463 g/mol. The van der Waals surface area contributed by atoms with Crippen molar-refractivity contribution in [1.29, 1.82) is 0 Å². The molecule has 3 aliphatic rings. The highest BCUT2D eigenvalue weighted by Crippen LogP contribution is 2.44. The van der Waals surface area contributed by atoms with Gasteiger partial charge in [0, 0.05) is 38.3 Å². The molecule has 1 aromatic heterocycles. The number of piperidine rings is 1. The van der Waals surface area contributed by atoms with Crippen LogP contribution in [0.4, 0.5) is 11.8 Å². The van der Waals surface area contributed by atoms with Crippen LogP contribution < -0.4 is 15.0 Å². The van der Waals surface area contributed by atoms with Crippen molar-refractivity contribution in [3.63, 3.8) is 0 Å². The van der Waals surface area contributed by atoms with E-state index in [-0.39, 0.29) is 0 Å². The number of benzene rings is 1. The Bertz CT molecular complexity index is 1010. The fourth-order valence-electron chi connectivity index (χ4n) is 6.18. The van der Waals surface area contributed by atoms with Crippen molar-refractivity contribution in [1.82, 2.24) is 14.9 Å². The SMILES string of the molecule is COc1cc(NCc2ccc(C)cc2C)nc(N2CC([C@H]3CCCN(C4CC(C)(C)C4)C3)C2)n1. The molecule has 1 N–H and O–H groups in total. The zero-order chi connectivity index (χ0) is 23.9. The largest absolute Gasteiger partial charge is 0.481 e. The van der Waals surface area contributed by atoms with Crippen LogP contribution in [-0.2, 0) is 6.54 Å². The Morgan fingerprint density at radius 2 is 1.85 bits per heavy atom. The number of rotatable bonds is 7. The molecule has 2 saturated heterocycles. The highest BCUT2D eigenvalue weighted by Gasteiger charge is 2.43. The molecule has 1 aromatic carbocycles. The van der Waals surface area contributed by atoms with E-state index < -0.39 is 0 Å². The van der Waals surface area contributed by atoms with E-state index in [0.717, 1.165) is 49.3 Å². The number of nitrogens with zero attached hydrogens (tertiary/aromatic N) is 4. The molecule has 2 aromatic rings. The summed E-state index contributed by atoms with van der Waals surface area (Å²) in [5.74, 6) is 3.78. The molecule has 3 fully saturated rings. The van der Waals surface area contributed by atoms with Gasteiger partial charge in [0.15, 0.2) is 0 Å². The van der Waals surface area contributed by atoms with Gasteiger partial charge in [-0.05, 0) is 74.5 Å². The molecule has 0 radical (unpaired) electrons. The van der Waals surface area contributed by atoms with E-state index in [4.69, 9.17) is 9.72 Å². The maximum Gasteiger partial charge on any atom is 0.230 e. The molecule has 0 bridgehead atoms.